The molecule has 4 heteroatoms. The van der Waals surface area contributed by atoms with E-state index >= 15 is 0 Å². The maximum Gasteiger partial charge on any atom is 0.303 e. The van der Waals surface area contributed by atoms with E-state index in [9.17, 15) is 4.79 Å². The first-order valence-corrected chi connectivity index (χ1v) is 6.85. The molecule has 2 aromatic rings. The molecule has 2 aromatic carbocycles. The molecule has 0 aliphatic rings. The summed E-state index contributed by atoms with van der Waals surface area (Å²) in [5.74, 6) is -0.799. The van der Waals surface area contributed by atoms with Crippen molar-refractivity contribution in [3.05, 3.63) is 59.7 Å². The fourth-order valence-electron chi connectivity index (χ4n) is 2.51. The molecule has 0 saturated heterocycles. The summed E-state index contributed by atoms with van der Waals surface area (Å²) in [6, 6.07) is 15.2. The van der Waals surface area contributed by atoms with E-state index in [1.165, 1.54) is 0 Å². The van der Waals surface area contributed by atoms with Crippen LogP contribution in [0.2, 0.25) is 0 Å². The standard InChI is InChI=1S/C17H20N2O2/c1-17(11-10-16(20)21,12-2-6-14(18)7-3-12)13-4-8-15(19)9-5-13/h2-9H,10-11,18-19H2,1H3,(H,20,21). The topological polar surface area (TPSA) is 89.3 Å². The van der Waals surface area contributed by atoms with E-state index in [1.807, 2.05) is 55.5 Å². The average molecular weight is 284 g/mol. The van der Waals surface area contributed by atoms with Crippen LogP contribution in [0.1, 0.15) is 30.9 Å². The highest BCUT2D eigenvalue weighted by molar-refractivity contribution is 5.67. The molecule has 0 saturated carbocycles. The van der Waals surface area contributed by atoms with E-state index in [-0.39, 0.29) is 11.8 Å². The molecule has 0 fully saturated rings. The molecule has 4 nitrogen and oxygen atoms in total. The number of benzene rings is 2. The van der Waals surface area contributed by atoms with Gasteiger partial charge in [-0.15, -0.1) is 0 Å². The Morgan fingerprint density at radius 2 is 1.33 bits per heavy atom. The van der Waals surface area contributed by atoms with Gasteiger partial charge >= 0.3 is 5.97 Å². The first-order valence-electron chi connectivity index (χ1n) is 6.85. The summed E-state index contributed by atoms with van der Waals surface area (Å²) in [6.45, 7) is 2.05. The van der Waals surface area contributed by atoms with Gasteiger partial charge in [0.25, 0.3) is 0 Å². The van der Waals surface area contributed by atoms with Crippen LogP contribution in [0.5, 0.6) is 0 Å². The number of rotatable bonds is 5. The smallest absolute Gasteiger partial charge is 0.303 e. The summed E-state index contributed by atoms with van der Waals surface area (Å²) in [7, 11) is 0. The first kappa shape index (κ1) is 14.9. The van der Waals surface area contributed by atoms with E-state index in [0.717, 1.165) is 11.1 Å². The largest absolute Gasteiger partial charge is 0.481 e. The minimum Gasteiger partial charge on any atom is -0.481 e. The summed E-state index contributed by atoms with van der Waals surface area (Å²) in [5.41, 5.74) is 14.6. The second-order valence-electron chi connectivity index (χ2n) is 5.47. The van der Waals surface area contributed by atoms with Crippen LogP contribution in [0, 0.1) is 0 Å². The van der Waals surface area contributed by atoms with Crippen LogP contribution in [0.25, 0.3) is 0 Å². The molecule has 0 spiro atoms. The fourth-order valence-corrected chi connectivity index (χ4v) is 2.51. The highest BCUT2D eigenvalue weighted by Crippen LogP contribution is 2.37. The zero-order valence-electron chi connectivity index (χ0n) is 12.0. The number of nitrogen functional groups attached to an aromatic ring is 2. The summed E-state index contributed by atoms with van der Waals surface area (Å²) < 4.78 is 0. The van der Waals surface area contributed by atoms with Gasteiger partial charge in [-0.3, -0.25) is 4.79 Å². The molecule has 110 valence electrons. The Morgan fingerprint density at radius 3 is 1.67 bits per heavy atom. The Bertz CT molecular complexity index is 573. The fraction of sp³-hybridized carbons (Fsp3) is 0.235. The van der Waals surface area contributed by atoms with Crippen molar-refractivity contribution < 1.29 is 9.90 Å². The lowest BCUT2D eigenvalue weighted by Crippen LogP contribution is -2.25. The van der Waals surface area contributed by atoms with Crippen molar-refractivity contribution in [2.45, 2.75) is 25.2 Å². The molecule has 0 bridgehead atoms. The van der Waals surface area contributed by atoms with Gasteiger partial charge in [0.05, 0.1) is 0 Å². The van der Waals surface area contributed by atoms with Gasteiger partial charge in [0.2, 0.25) is 0 Å². The normalized spacial score (nSPS) is 11.3. The zero-order chi connectivity index (χ0) is 15.5. The molecule has 0 aromatic heterocycles. The Morgan fingerprint density at radius 1 is 0.952 bits per heavy atom. The summed E-state index contributed by atoms with van der Waals surface area (Å²) >= 11 is 0. The quantitative estimate of drug-likeness (QED) is 0.736. The van der Waals surface area contributed by atoms with Crippen LogP contribution in [0.15, 0.2) is 48.5 Å². The van der Waals surface area contributed by atoms with Gasteiger partial charge in [0.1, 0.15) is 0 Å². The van der Waals surface area contributed by atoms with Crippen molar-refractivity contribution in [2.24, 2.45) is 0 Å². The Kier molecular flexibility index (Phi) is 4.17. The van der Waals surface area contributed by atoms with Gasteiger partial charge in [-0.2, -0.15) is 0 Å². The number of aliphatic carboxylic acids is 1. The van der Waals surface area contributed by atoms with Crippen LogP contribution in [-0.2, 0) is 10.2 Å². The Hall–Kier alpha value is -2.49. The van der Waals surface area contributed by atoms with Gasteiger partial charge in [0, 0.05) is 23.2 Å². The summed E-state index contributed by atoms with van der Waals surface area (Å²) in [4.78, 5) is 11.0. The molecule has 0 aliphatic carbocycles. The highest BCUT2D eigenvalue weighted by atomic mass is 16.4. The second-order valence-corrected chi connectivity index (χ2v) is 5.47. The first-order chi connectivity index (χ1) is 9.91. The van der Waals surface area contributed by atoms with E-state index < -0.39 is 5.97 Å². The van der Waals surface area contributed by atoms with Crippen LogP contribution < -0.4 is 11.5 Å². The molecule has 0 heterocycles. The molecule has 21 heavy (non-hydrogen) atoms. The third-order valence-corrected chi connectivity index (χ3v) is 3.93. The molecule has 0 amide bonds. The number of carboxylic acid groups (broad SMARTS) is 1. The molecule has 2 rings (SSSR count). The van der Waals surface area contributed by atoms with Crippen molar-refractivity contribution >= 4 is 17.3 Å². The van der Waals surface area contributed by atoms with Crippen molar-refractivity contribution in [3.8, 4) is 0 Å². The average Bonchev–Trinajstić information content (AvgIpc) is 2.46. The van der Waals surface area contributed by atoms with Crippen LogP contribution in [0.3, 0.4) is 0 Å². The predicted octanol–water partition coefficient (Wildman–Crippen LogP) is 3.02. The second kappa shape index (κ2) is 5.87. The minimum absolute atomic E-state index is 0.102. The van der Waals surface area contributed by atoms with E-state index in [4.69, 9.17) is 16.6 Å². The molecule has 0 aliphatic heterocycles. The van der Waals surface area contributed by atoms with Crippen LogP contribution >= 0.6 is 0 Å². The Labute approximate surface area is 124 Å². The lowest BCUT2D eigenvalue weighted by Gasteiger charge is -2.31. The number of carbonyl (C=O) groups is 1. The number of anilines is 2. The van der Waals surface area contributed by atoms with Crippen LogP contribution in [-0.4, -0.2) is 11.1 Å². The van der Waals surface area contributed by atoms with E-state index in [1.54, 1.807) is 0 Å². The summed E-state index contributed by atoms with van der Waals surface area (Å²) in [5, 5.41) is 9.02. The number of nitrogens with two attached hydrogens (primary N) is 2. The number of carboxylic acids is 1. The lowest BCUT2D eigenvalue weighted by atomic mass is 9.73. The van der Waals surface area contributed by atoms with Crippen molar-refractivity contribution in [1.29, 1.82) is 0 Å². The molecule has 0 unspecified atom stereocenters. The van der Waals surface area contributed by atoms with Crippen LogP contribution in [0.4, 0.5) is 11.4 Å². The van der Waals surface area contributed by atoms with Crippen molar-refractivity contribution in [2.75, 3.05) is 11.5 Å². The lowest BCUT2D eigenvalue weighted by molar-refractivity contribution is -0.137. The van der Waals surface area contributed by atoms with Crippen molar-refractivity contribution in [3.63, 3.8) is 0 Å². The third-order valence-electron chi connectivity index (χ3n) is 3.93. The molecular weight excluding hydrogens is 264 g/mol. The predicted molar refractivity (Wildman–Crippen MR) is 85.0 cm³/mol. The zero-order valence-corrected chi connectivity index (χ0v) is 12.0. The Balaban J connectivity index is 2.44. The van der Waals surface area contributed by atoms with Gasteiger partial charge in [-0.25, -0.2) is 0 Å². The summed E-state index contributed by atoms with van der Waals surface area (Å²) in [6.07, 6.45) is 0.613. The maximum absolute atomic E-state index is 11.0. The molecule has 5 N–H and O–H groups in total. The monoisotopic (exact) mass is 284 g/mol. The number of hydrogen-bond acceptors (Lipinski definition) is 3. The SMILES string of the molecule is CC(CCC(=O)O)(c1ccc(N)cc1)c1ccc(N)cc1. The molecule has 0 radical (unpaired) electrons. The van der Waals surface area contributed by atoms with Crippen molar-refractivity contribution in [1.82, 2.24) is 0 Å². The third kappa shape index (κ3) is 3.34. The number of hydrogen-bond donors (Lipinski definition) is 3. The van der Waals surface area contributed by atoms with E-state index in [0.29, 0.717) is 17.8 Å². The maximum atomic E-state index is 11.0. The molecular formula is C17H20N2O2. The highest BCUT2D eigenvalue weighted by Gasteiger charge is 2.29. The minimum atomic E-state index is -0.799. The van der Waals surface area contributed by atoms with Gasteiger partial charge < -0.3 is 16.6 Å². The van der Waals surface area contributed by atoms with Gasteiger partial charge in [-0.05, 0) is 41.8 Å². The molecule has 0 atom stereocenters. The van der Waals surface area contributed by atoms with Gasteiger partial charge in [0.15, 0.2) is 0 Å². The van der Waals surface area contributed by atoms with Gasteiger partial charge in [-0.1, -0.05) is 31.2 Å². The van der Waals surface area contributed by atoms with E-state index in [2.05, 4.69) is 0 Å².